The summed E-state index contributed by atoms with van der Waals surface area (Å²) in [7, 11) is 0. The molecule has 0 rings (SSSR count). The zero-order chi connectivity index (χ0) is 29.1. The van der Waals surface area contributed by atoms with E-state index in [0.717, 1.165) is 0 Å². The zero-order valence-electron chi connectivity index (χ0n) is 17.9. The molecule has 17 heteroatoms. The van der Waals surface area contributed by atoms with E-state index in [-0.39, 0.29) is 12.8 Å². The molecule has 0 heterocycles. The minimum atomic E-state index is -8.58. The lowest BCUT2D eigenvalue weighted by Gasteiger charge is -2.42. The highest BCUT2D eigenvalue weighted by molar-refractivity contribution is 5.15. The summed E-state index contributed by atoms with van der Waals surface area (Å²) in [6.07, 6.45) is -7.46. The standard InChI is InChI=1S/C19H20F17/c1-2-3-4-5-6-7-8-9-10-11-12(20,21)13(22,23)14(24,25)15(26,27)16(28,29)17(30,31)18(32,33)19(34,35)36/h1-2H,3-11H2. The summed E-state index contributed by atoms with van der Waals surface area (Å²) in [6, 6.07) is 0. The van der Waals surface area contributed by atoms with Gasteiger partial charge in [0.05, 0.1) is 0 Å². The van der Waals surface area contributed by atoms with Gasteiger partial charge in [-0.05, 0) is 19.3 Å². The molecule has 0 fully saturated rings. The summed E-state index contributed by atoms with van der Waals surface area (Å²) in [5, 5.41) is 0. The first-order valence-electron chi connectivity index (χ1n) is 10.1. The van der Waals surface area contributed by atoms with Crippen molar-refractivity contribution < 1.29 is 74.6 Å². The van der Waals surface area contributed by atoms with Crippen molar-refractivity contribution in [2.24, 2.45) is 0 Å². The van der Waals surface area contributed by atoms with Gasteiger partial charge >= 0.3 is 47.6 Å². The monoisotopic (exact) mass is 571 g/mol. The Morgan fingerprint density at radius 3 is 1.06 bits per heavy atom. The number of allylic oxidation sites excluding steroid dienone is 1. The van der Waals surface area contributed by atoms with Gasteiger partial charge in [0.25, 0.3) is 0 Å². The Labute approximate surface area is 193 Å². The average Bonchev–Trinajstić information content (AvgIpc) is 2.70. The van der Waals surface area contributed by atoms with Crippen LogP contribution in [-0.4, -0.2) is 47.6 Å². The van der Waals surface area contributed by atoms with Gasteiger partial charge in [0, 0.05) is 6.42 Å². The normalized spacial score (nSPS) is 15.4. The van der Waals surface area contributed by atoms with E-state index in [4.69, 9.17) is 6.58 Å². The second-order valence-electron chi connectivity index (χ2n) is 7.90. The highest BCUT2D eigenvalue weighted by atomic mass is 19.4. The fourth-order valence-corrected chi connectivity index (χ4v) is 2.85. The molecule has 0 unspecified atom stereocenters. The Hall–Kier alpha value is -1.45. The van der Waals surface area contributed by atoms with E-state index < -0.39 is 60.5 Å². The molecule has 0 aromatic heterocycles. The van der Waals surface area contributed by atoms with Gasteiger partial charge < -0.3 is 0 Å². The lowest BCUT2D eigenvalue weighted by Crippen LogP contribution is -2.74. The van der Waals surface area contributed by atoms with Gasteiger partial charge in [-0.2, -0.15) is 74.6 Å². The summed E-state index contributed by atoms with van der Waals surface area (Å²) in [4.78, 5) is 0. The van der Waals surface area contributed by atoms with Crippen molar-refractivity contribution >= 4 is 0 Å². The first kappa shape index (κ1) is 34.6. The van der Waals surface area contributed by atoms with E-state index >= 15 is 0 Å². The number of alkyl halides is 17. The van der Waals surface area contributed by atoms with Gasteiger partial charge in [-0.3, -0.25) is 0 Å². The Kier molecular flexibility index (Phi) is 10.7. The quantitative estimate of drug-likeness (QED) is 0.128. The lowest BCUT2D eigenvalue weighted by atomic mass is 9.87. The van der Waals surface area contributed by atoms with E-state index in [0.29, 0.717) is 32.1 Å². The molecule has 0 aliphatic heterocycles. The highest BCUT2D eigenvalue weighted by Gasteiger charge is 2.95. The van der Waals surface area contributed by atoms with Crippen LogP contribution in [0, 0.1) is 6.58 Å². The number of rotatable bonds is 16. The molecule has 0 N–H and O–H groups in total. The van der Waals surface area contributed by atoms with Crippen LogP contribution < -0.4 is 0 Å². The SMILES string of the molecule is [CH]=CCCCCCCCCCC(F)(F)C(F)(F)C(F)(F)C(F)(F)C(F)(F)C(F)(F)C(F)(F)C(F)(F)F. The predicted molar refractivity (Wildman–Crippen MR) is 91.1 cm³/mol. The molecule has 0 atom stereocenters. The Bertz CT molecular complexity index is 705. The number of unbranched alkanes of at least 4 members (excludes halogenated alkanes) is 7. The summed E-state index contributed by atoms with van der Waals surface area (Å²) >= 11 is 0. The predicted octanol–water partition coefficient (Wildman–Crippen LogP) is 9.50. The third-order valence-electron chi connectivity index (χ3n) is 5.15. The maximum absolute atomic E-state index is 13.7. The Morgan fingerprint density at radius 2 is 0.694 bits per heavy atom. The largest absolute Gasteiger partial charge is 0.460 e. The number of hydrogen-bond acceptors (Lipinski definition) is 0. The van der Waals surface area contributed by atoms with E-state index in [2.05, 4.69) is 0 Å². The van der Waals surface area contributed by atoms with E-state index in [1.807, 2.05) is 0 Å². The molecule has 0 nitrogen and oxygen atoms in total. The minimum absolute atomic E-state index is 0.0529. The van der Waals surface area contributed by atoms with Crippen LogP contribution in [0.3, 0.4) is 0 Å². The van der Waals surface area contributed by atoms with Crippen LogP contribution in [0.5, 0.6) is 0 Å². The topological polar surface area (TPSA) is 0 Å². The second-order valence-corrected chi connectivity index (χ2v) is 7.90. The second kappa shape index (κ2) is 11.1. The van der Waals surface area contributed by atoms with E-state index in [9.17, 15) is 74.6 Å². The summed E-state index contributed by atoms with van der Waals surface area (Å²) in [5.74, 6) is -55.8. The molecular weight excluding hydrogens is 551 g/mol. The molecule has 0 amide bonds. The first-order chi connectivity index (χ1) is 15.8. The number of halogens is 17. The molecule has 0 spiro atoms. The fourth-order valence-electron chi connectivity index (χ4n) is 2.85. The smallest absolute Gasteiger partial charge is 0.200 e. The molecule has 0 aromatic rings. The lowest BCUT2D eigenvalue weighted by molar-refractivity contribution is -0.461. The van der Waals surface area contributed by atoms with Crippen LogP contribution in [-0.2, 0) is 0 Å². The maximum Gasteiger partial charge on any atom is 0.460 e. The molecule has 0 aliphatic rings. The summed E-state index contributed by atoms with van der Waals surface area (Å²) in [6.45, 7) is 5.11. The van der Waals surface area contributed by atoms with Crippen molar-refractivity contribution in [1.82, 2.24) is 0 Å². The molecule has 0 saturated heterocycles. The van der Waals surface area contributed by atoms with Gasteiger partial charge in [-0.1, -0.05) is 44.8 Å². The highest BCUT2D eigenvalue weighted by Crippen LogP contribution is 2.64. The minimum Gasteiger partial charge on any atom is -0.200 e. The summed E-state index contributed by atoms with van der Waals surface area (Å²) < 4.78 is 224. The maximum atomic E-state index is 13.7. The summed E-state index contributed by atoms with van der Waals surface area (Å²) in [5.41, 5.74) is 0. The molecule has 0 bridgehead atoms. The van der Waals surface area contributed by atoms with Crippen molar-refractivity contribution in [3.05, 3.63) is 12.7 Å². The van der Waals surface area contributed by atoms with Crippen molar-refractivity contribution in [3.63, 3.8) is 0 Å². The molecule has 1 radical (unpaired) electrons. The van der Waals surface area contributed by atoms with Crippen LogP contribution in [0.25, 0.3) is 0 Å². The Balaban J connectivity index is 5.72. The third kappa shape index (κ3) is 5.99. The van der Waals surface area contributed by atoms with Crippen LogP contribution in [0.2, 0.25) is 0 Å². The van der Waals surface area contributed by atoms with Crippen LogP contribution >= 0.6 is 0 Å². The van der Waals surface area contributed by atoms with Crippen molar-refractivity contribution in [1.29, 1.82) is 0 Å². The van der Waals surface area contributed by atoms with Crippen molar-refractivity contribution in [3.8, 4) is 0 Å². The Morgan fingerprint density at radius 1 is 0.389 bits per heavy atom. The van der Waals surface area contributed by atoms with Gasteiger partial charge in [0.1, 0.15) is 0 Å². The fraction of sp³-hybridized carbons (Fsp3) is 0.895. The van der Waals surface area contributed by atoms with Gasteiger partial charge in [0.15, 0.2) is 0 Å². The number of hydrogen-bond donors (Lipinski definition) is 0. The van der Waals surface area contributed by atoms with E-state index in [1.165, 1.54) is 6.08 Å². The van der Waals surface area contributed by atoms with Gasteiger partial charge in [0.2, 0.25) is 0 Å². The van der Waals surface area contributed by atoms with Crippen molar-refractivity contribution in [2.75, 3.05) is 0 Å². The molecule has 215 valence electrons. The molecule has 0 aliphatic carbocycles. The van der Waals surface area contributed by atoms with Gasteiger partial charge in [-0.25, -0.2) is 0 Å². The van der Waals surface area contributed by atoms with Crippen LogP contribution in [0.1, 0.15) is 57.8 Å². The third-order valence-corrected chi connectivity index (χ3v) is 5.15. The zero-order valence-corrected chi connectivity index (χ0v) is 17.9. The van der Waals surface area contributed by atoms with Crippen LogP contribution in [0.15, 0.2) is 6.08 Å². The van der Waals surface area contributed by atoms with Crippen molar-refractivity contribution in [2.45, 2.75) is 105 Å². The van der Waals surface area contributed by atoms with Crippen LogP contribution in [0.4, 0.5) is 74.6 Å². The molecule has 0 saturated carbocycles. The molecular formula is C19H20F17. The van der Waals surface area contributed by atoms with Gasteiger partial charge in [-0.15, -0.1) is 0 Å². The van der Waals surface area contributed by atoms with E-state index in [1.54, 1.807) is 0 Å². The average molecular weight is 571 g/mol. The molecule has 36 heavy (non-hydrogen) atoms. The first-order valence-corrected chi connectivity index (χ1v) is 10.1. The molecule has 0 aromatic carbocycles.